The van der Waals surface area contributed by atoms with E-state index in [9.17, 15) is 27.9 Å². The SMILES string of the molecule is O=C(O)C(CC1CCCC1)n1cc(C(F)(F)F)ccc1=O. The summed E-state index contributed by atoms with van der Waals surface area (Å²) < 4.78 is 38.8. The molecule has 7 heteroatoms. The number of hydrogen-bond acceptors (Lipinski definition) is 2. The van der Waals surface area contributed by atoms with Gasteiger partial charge in [0.2, 0.25) is 0 Å². The number of carboxylic acids is 1. The first-order valence-electron chi connectivity index (χ1n) is 6.81. The van der Waals surface area contributed by atoms with Crippen LogP contribution < -0.4 is 5.56 Å². The van der Waals surface area contributed by atoms with Crippen LogP contribution in [0, 0.1) is 5.92 Å². The molecule has 1 aromatic heterocycles. The van der Waals surface area contributed by atoms with Crippen LogP contribution in [0.1, 0.15) is 43.7 Å². The molecule has 1 fully saturated rings. The highest BCUT2D eigenvalue weighted by Crippen LogP contribution is 2.33. The van der Waals surface area contributed by atoms with E-state index in [0.29, 0.717) is 16.8 Å². The van der Waals surface area contributed by atoms with Crippen LogP contribution in [0.25, 0.3) is 0 Å². The number of carbonyl (C=O) groups is 1. The average Bonchev–Trinajstić information content (AvgIpc) is 2.88. The highest BCUT2D eigenvalue weighted by molar-refractivity contribution is 5.71. The number of aliphatic carboxylic acids is 1. The lowest BCUT2D eigenvalue weighted by molar-refractivity contribution is -0.143. The van der Waals surface area contributed by atoms with Crippen molar-refractivity contribution in [3.05, 3.63) is 34.2 Å². The minimum absolute atomic E-state index is 0.146. The van der Waals surface area contributed by atoms with Gasteiger partial charge >= 0.3 is 12.1 Å². The zero-order chi connectivity index (χ0) is 15.6. The Hall–Kier alpha value is -1.79. The third-order valence-electron chi connectivity index (χ3n) is 3.92. The van der Waals surface area contributed by atoms with E-state index >= 15 is 0 Å². The van der Waals surface area contributed by atoms with Crippen LogP contribution in [0.15, 0.2) is 23.1 Å². The fraction of sp³-hybridized carbons (Fsp3) is 0.571. The number of pyridine rings is 1. The second kappa shape index (κ2) is 5.91. The van der Waals surface area contributed by atoms with Gasteiger partial charge in [0.05, 0.1) is 5.56 Å². The second-order valence-corrected chi connectivity index (χ2v) is 5.40. The lowest BCUT2D eigenvalue weighted by Gasteiger charge is -2.20. The van der Waals surface area contributed by atoms with Gasteiger partial charge in [0.15, 0.2) is 0 Å². The van der Waals surface area contributed by atoms with Crippen molar-refractivity contribution < 1.29 is 23.1 Å². The summed E-state index contributed by atoms with van der Waals surface area (Å²) in [4.78, 5) is 23.1. The van der Waals surface area contributed by atoms with Gasteiger partial charge in [-0.15, -0.1) is 0 Å². The van der Waals surface area contributed by atoms with E-state index in [2.05, 4.69) is 0 Å². The Kier molecular flexibility index (Phi) is 4.39. The molecule has 21 heavy (non-hydrogen) atoms. The molecule has 0 bridgehead atoms. The van der Waals surface area contributed by atoms with Gasteiger partial charge in [-0.1, -0.05) is 25.7 Å². The summed E-state index contributed by atoms with van der Waals surface area (Å²) in [6.07, 6.45) is -0.101. The van der Waals surface area contributed by atoms with Gasteiger partial charge in [-0.05, 0) is 18.4 Å². The van der Waals surface area contributed by atoms with Crippen molar-refractivity contribution in [3.63, 3.8) is 0 Å². The maximum absolute atomic E-state index is 12.7. The monoisotopic (exact) mass is 303 g/mol. The number of alkyl halides is 3. The molecule has 0 saturated heterocycles. The topological polar surface area (TPSA) is 59.3 Å². The number of hydrogen-bond donors (Lipinski definition) is 1. The Morgan fingerprint density at radius 3 is 2.48 bits per heavy atom. The molecule has 1 unspecified atom stereocenters. The van der Waals surface area contributed by atoms with Crippen molar-refractivity contribution >= 4 is 5.97 Å². The second-order valence-electron chi connectivity index (χ2n) is 5.40. The van der Waals surface area contributed by atoms with E-state index in [1.807, 2.05) is 0 Å². The lowest BCUT2D eigenvalue weighted by atomic mass is 9.98. The molecule has 0 radical (unpaired) electrons. The number of aromatic nitrogens is 1. The van der Waals surface area contributed by atoms with E-state index < -0.39 is 29.3 Å². The first kappa shape index (κ1) is 15.6. The summed E-state index contributed by atoms with van der Waals surface area (Å²) in [5, 5.41) is 9.26. The van der Waals surface area contributed by atoms with Crippen molar-refractivity contribution in [2.24, 2.45) is 5.92 Å². The molecule has 0 aromatic carbocycles. The van der Waals surface area contributed by atoms with E-state index in [1.54, 1.807) is 0 Å². The van der Waals surface area contributed by atoms with Crippen LogP contribution in [0.4, 0.5) is 13.2 Å². The number of rotatable bonds is 4. The lowest BCUT2D eigenvalue weighted by Crippen LogP contribution is -2.31. The standard InChI is InChI=1S/C14H16F3NO3/c15-14(16,17)10-5-6-12(19)18(8-10)11(13(20)21)7-9-3-1-2-4-9/h5-6,8-9,11H,1-4,7H2,(H,20,21). The van der Waals surface area contributed by atoms with Crippen LogP contribution in [-0.2, 0) is 11.0 Å². The first-order chi connectivity index (χ1) is 9.79. The van der Waals surface area contributed by atoms with E-state index in [0.717, 1.165) is 31.7 Å². The molecule has 1 N–H and O–H groups in total. The minimum Gasteiger partial charge on any atom is -0.480 e. The van der Waals surface area contributed by atoms with Crippen LogP contribution in [-0.4, -0.2) is 15.6 Å². The van der Waals surface area contributed by atoms with Gasteiger partial charge < -0.3 is 9.67 Å². The fourth-order valence-corrected chi connectivity index (χ4v) is 2.81. The maximum Gasteiger partial charge on any atom is 0.417 e. The molecule has 1 saturated carbocycles. The maximum atomic E-state index is 12.7. The highest BCUT2D eigenvalue weighted by atomic mass is 19.4. The van der Waals surface area contributed by atoms with Crippen LogP contribution in [0.5, 0.6) is 0 Å². The van der Waals surface area contributed by atoms with Crippen LogP contribution in [0.3, 0.4) is 0 Å². The van der Waals surface area contributed by atoms with Crippen molar-refractivity contribution in [1.29, 1.82) is 0 Å². The van der Waals surface area contributed by atoms with E-state index in [4.69, 9.17) is 0 Å². The van der Waals surface area contributed by atoms with Crippen molar-refractivity contribution in [3.8, 4) is 0 Å². The summed E-state index contributed by atoms with van der Waals surface area (Å²) in [7, 11) is 0. The normalized spacial score (nSPS) is 17.9. The van der Waals surface area contributed by atoms with Crippen molar-refractivity contribution in [2.75, 3.05) is 0 Å². The van der Waals surface area contributed by atoms with Gasteiger partial charge in [0.25, 0.3) is 5.56 Å². The highest BCUT2D eigenvalue weighted by Gasteiger charge is 2.33. The summed E-state index contributed by atoms with van der Waals surface area (Å²) >= 11 is 0. The van der Waals surface area contributed by atoms with E-state index in [1.165, 1.54) is 0 Å². The third kappa shape index (κ3) is 3.65. The van der Waals surface area contributed by atoms with Gasteiger partial charge in [0, 0.05) is 12.3 Å². The molecule has 4 nitrogen and oxygen atoms in total. The Bertz CT molecular complexity index is 574. The molecule has 116 valence electrons. The number of halogens is 3. The third-order valence-corrected chi connectivity index (χ3v) is 3.92. The summed E-state index contributed by atoms with van der Waals surface area (Å²) in [6.45, 7) is 0. The smallest absolute Gasteiger partial charge is 0.417 e. The average molecular weight is 303 g/mol. The quantitative estimate of drug-likeness (QED) is 0.930. The van der Waals surface area contributed by atoms with Crippen molar-refractivity contribution in [2.45, 2.75) is 44.3 Å². The fourth-order valence-electron chi connectivity index (χ4n) is 2.81. The molecular formula is C14H16F3NO3. The first-order valence-corrected chi connectivity index (χ1v) is 6.81. The summed E-state index contributed by atoms with van der Waals surface area (Å²) in [5.74, 6) is -1.13. The molecule has 0 aliphatic heterocycles. The molecule has 1 atom stereocenters. The van der Waals surface area contributed by atoms with Crippen LogP contribution >= 0.6 is 0 Å². The van der Waals surface area contributed by atoms with Gasteiger partial charge in [-0.3, -0.25) is 4.79 Å². The predicted octanol–water partition coefficient (Wildman–Crippen LogP) is 3.07. The zero-order valence-electron chi connectivity index (χ0n) is 11.3. The van der Waals surface area contributed by atoms with Gasteiger partial charge in [-0.25, -0.2) is 4.79 Å². The van der Waals surface area contributed by atoms with Crippen molar-refractivity contribution in [1.82, 2.24) is 4.57 Å². The Balaban J connectivity index is 2.35. The largest absolute Gasteiger partial charge is 0.480 e. The Morgan fingerprint density at radius 2 is 1.95 bits per heavy atom. The Morgan fingerprint density at radius 1 is 1.33 bits per heavy atom. The molecular weight excluding hydrogens is 287 g/mol. The number of nitrogens with zero attached hydrogens (tertiary/aromatic N) is 1. The molecule has 1 heterocycles. The molecule has 1 aromatic rings. The number of carboxylic acid groups (broad SMARTS) is 1. The molecule has 0 amide bonds. The van der Waals surface area contributed by atoms with Gasteiger partial charge in [0.1, 0.15) is 6.04 Å². The van der Waals surface area contributed by atoms with E-state index in [-0.39, 0.29) is 12.3 Å². The Labute approximate surface area is 119 Å². The molecule has 2 rings (SSSR count). The predicted molar refractivity (Wildman–Crippen MR) is 69.0 cm³/mol. The molecule has 1 aliphatic rings. The van der Waals surface area contributed by atoms with Crippen LogP contribution in [0.2, 0.25) is 0 Å². The minimum atomic E-state index is -4.61. The summed E-state index contributed by atoms with van der Waals surface area (Å²) in [6, 6.07) is 0.198. The van der Waals surface area contributed by atoms with Gasteiger partial charge in [-0.2, -0.15) is 13.2 Å². The molecule has 0 spiro atoms. The molecule has 1 aliphatic carbocycles. The summed E-state index contributed by atoms with van der Waals surface area (Å²) in [5.41, 5.74) is -1.74. The zero-order valence-corrected chi connectivity index (χ0v) is 11.3.